The molecule has 0 aromatic rings. The second-order valence-corrected chi connectivity index (χ2v) is 8.01. The van der Waals surface area contributed by atoms with E-state index in [9.17, 15) is 55.9 Å². The third-order valence-electron chi connectivity index (χ3n) is 5.63. The van der Waals surface area contributed by atoms with Crippen molar-refractivity contribution in [2.75, 3.05) is 19.8 Å². The van der Waals surface area contributed by atoms with E-state index in [2.05, 4.69) is 0 Å². The Kier molecular flexibility index (Phi) is 11.1. The fourth-order valence-electron chi connectivity index (χ4n) is 3.48. The minimum Gasteiger partial charge on any atom is -0.394 e. The smallest absolute Gasteiger partial charge is 0.187 e. The van der Waals surface area contributed by atoms with Crippen molar-refractivity contribution in [2.24, 2.45) is 0 Å². The summed E-state index contributed by atoms with van der Waals surface area (Å²) in [5.74, 6) is 0. The number of ether oxygens (including phenoxy) is 4. The molecule has 2 aliphatic heterocycles. The van der Waals surface area contributed by atoms with Crippen molar-refractivity contribution < 1.29 is 79.9 Å². The minimum atomic E-state index is -2.06. The molecule has 2 saturated heterocycles. The predicted molar refractivity (Wildman–Crippen MR) is 102 cm³/mol. The van der Waals surface area contributed by atoms with Crippen molar-refractivity contribution in [2.45, 2.75) is 85.8 Å². The summed E-state index contributed by atoms with van der Waals surface area (Å²) in [6, 6.07) is 0. The third-order valence-corrected chi connectivity index (χ3v) is 5.63. The van der Waals surface area contributed by atoms with E-state index in [1.165, 1.54) is 0 Å². The van der Waals surface area contributed by atoms with E-state index in [1.807, 2.05) is 0 Å². The van der Waals surface area contributed by atoms with Gasteiger partial charge < -0.3 is 79.9 Å². The Labute approximate surface area is 192 Å². The van der Waals surface area contributed by atoms with Gasteiger partial charge in [-0.25, -0.2) is 0 Å². The van der Waals surface area contributed by atoms with Crippen molar-refractivity contribution in [1.82, 2.24) is 0 Å². The van der Waals surface area contributed by atoms with Gasteiger partial charge in [0.05, 0.1) is 19.8 Å². The van der Waals surface area contributed by atoms with Crippen LogP contribution in [0.4, 0.5) is 0 Å². The Bertz CT molecular complexity index is 623. The standard InChI is InChI=1S/C18H32O16/c19-1-5(22)9(24)16(6(23)2-20)34-18-15(30)13(28)11(26)8(33-18)4-31-17-14(29)12(27)10(25)7(3-21)32-17/h2,5-19,21-30H,1,3-4H2/t5-,6-,7+,8+,9-,10+,11+,12-,13-,14-,15-,16-,17-,18+/m1/s1. The Hall–Kier alpha value is -0.930. The predicted octanol–water partition coefficient (Wildman–Crippen LogP) is -7.73. The summed E-state index contributed by atoms with van der Waals surface area (Å²) in [5.41, 5.74) is 0. The molecule has 34 heavy (non-hydrogen) atoms. The second kappa shape index (κ2) is 12.9. The van der Waals surface area contributed by atoms with Gasteiger partial charge in [-0.05, 0) is 0 Å². The molecule has 11 N–H and O–H groups in total. The highest BCUT2D eigenvalue weighted by atomic mass is 16.7. The van der Waals surface area contributed by atoms with Crippen LogP contribution in [0.5, 0.6) is 0 Å². The molecule has 2 aliphatic rings. The van der Waals surface area contributed by atoms with Gasteiger partial charge in [-0.15, -0.1) is 0 Å². The highest BCUT2D eigenvalue weighted by Gasteiger charge is 2.49. The van der Waals surface area contributed by atoms with Crippen molar-refractivity contribution in [3.05, 3.63) is 0 Å². The van der Waals surface area contributed by atoms with Gasteiger partial charge in [-0.2, -0.15) is 0 Å². The third kappa shape index (κ3) is 6.44. The maximum Gasteiger partial charge on any atom is 0.187 e. The molecule has 2 heterocycles. The molecule has 0 amide bonds. The number of carbonyl (C=O) groups excluding carboxylic acids is 1. The van der Waals surface area contributed by atoms with Crippen LogP contribution in [0.1, 0.15) is 0 Å². The molecule has 0 spiro atoms. The summed E-state index contributed by atoms with van der Waals surface area (Å²) < 4.78 is 20.9. The Morgan fingerprint density at radius 3 is 1.82 bits per heavy atom. The van der Waals surface area contributed by atoms with Crippen molar-refractivity contribution in [1.29, 1.82) is 0 Å². The van der Waals surface area contributed by atoms with E-state index in [1.54, 1.807) is 0 Å². The first kappa shape index (κ1) is 29.3. The summed E-state index contributed by atoms with van der Waals surface area (Å²) in [6.07, 6.45) is -25.1. The van der Waals surface area contributed by atoms with Gasteiger partial charge in [0.1, 0.15) is 73.2 Å². The van der Waals surface area contributed by atoms with Crippen molar-refractivity contribution >= 4 is 6.29 Å². The molecule has 14 atom stereocenters. The maximum absolute atomic E-state index is 11.0. The zero-order valence-electron chi connectivity index (χ0n) is 17.7. The highest BCUT2D eigenvalue weighted by Crippen LogP contribution is 2.27. The first-order chi connectivity index (χ1) is 16.0. The zero-order valence-corrected chi connectivity index (χ0v) is 17.7. The second-order valence-electron chi connectivity index (χ2n) is 8.01. The van der Waals surface area contributed by atoms with Crippen LogP contribution in [0.25, 0.3) is 0 Å². The fraction of sp³-hybridized carbons (Fsp3) is 0.944. The molecule has 0 aliphatic carbocycles. The number of carbonyl (C=O) groups is 1. The van der Waals surface area contributed by atoms with E-state index < -0.39 is 106 Å². The summed E-state index contributed by atoms with van der Waals surface area (Å²) in [6.45, 7) is -2.37. The first-order valence-electron chi connectivity index (χ1n) is 10.4. The molecule has 16 heteroatoms. The van der Waals surface area contributed by atoms with Crippen molar-refractivity contribution in [3.63, 3.8) is 0 Å². The molecule has 0 aromatic heterocycles. The molecule has 0 saturated carbocycles. The van der Waals surface area contributed by atoms with Gasteiger partial charge in [-0.3, -0.25) is 0 Å². The number of aliphatic hydroxyl groups excluding tert-OH is 11. The molecule has 0 aromatic carbocycles. The number of hydrogen-bond donors (Lipinski definition) is 11. The minimum absolute atomic E-state index is 0.0574. The molecule has 0 unspecified atom stereocenters. The van der Waals surface area contributed by atoms with E-state index in [0.29, 0.717) is 0 Å². The average Bonchev–Trinajstić information content (AvgIpc) is 2.84. The van der Waals surface area contributed by atoms with E-state index >= 15 is 0 Å². The Morgan fingerprint density at radius 2 is 1.29 bits per heavy atom. The van der Waals surface area contributed by atoms with Crippen LogP contribution in [0.3, 0.4) is 0 Å². The Balaban J connectivity index is 2.10. The van der Waals surface area contributed by atoms with Gasteiger partial charge in [0, 0.05) is 0 Å². The molecule has 2 fully saturated rings. The first-order valence-corrected chi connectivity index (χ1v) is 10.4. The lowest BCUT2D eigenvalue weighted by molar-refractivity contribution is -0.342. The largest absolute Gasteiger partial charge is 0.394 e. The van der Waals surface area contributed by atoms with Crippen LogP contribution < -0.4 is 0 Å². The highest BCUT2D eigenvalue weighted by molar-refractivity contribution is 5.56. The summed E-state index contributed by atoms with van der Waals surface area (Å²) in [4.78, 5) is 11.0. The van der Waals surface area contributed by atoms with Gasteiger partial charge in [-0.1, -0.05) is 0 Å². The molecule has 200 valence electrons. The SMILES string of the molecule is O=C[C@@H](O)[C@@H](O[C@@H]1O[C@@H](CO[C@@H]2O[C@@H](CO)[C@H](O)[C@@H](O)[C@H]2O)[C@H](O)[C@@H](O)[C@H]1O)[C@H](O)[C@H](O)CO. The average molecular weight is 504 g/mol. The fourth-order valence-corrected chi connectivity index (χ4v) is 3.48. The van der Waals surface area contributed by atoms with Crippen LogP contribution >= 0.6 is 0 Å². The zero-order chi connectivity index (χ0) is 25.7. The number of aldehydes is 1. The number of hydrogen-bond acceptors (Lipinski definition) is 16. The van der Waals surface area contributed by atoms with Crippen LogP contribution in [0, 0.1) is 0 Å². The van der Waals surface area contributed by atoms with E-state index in [-0.39, 0.29) is 6.29 Å². The topological polar surface area (TPSA) is 277 Å². The lowest BCUT2D eigenvalue weighted by Gasteiger charge is -2.43. The molecular weight excluding hydrogens is 472 g/mol. The van der Waals surface area contributed by atoms with Crippen LogP contribution in [-0.2, 0) is 23.7 Å². The molecule has 2 rings (SSSR count). The molecule has 0 bridgehead atoms. The van der Waals surface area contributed by atoms with Gasteiger partial charge in [0.25, 0.3) is 0 Å². The quantitative estimate of drug-likeness (QED) is 0.117. The molecule has 16 nitrogen and oxygen atoms in total. The monoisotopic (exact) mass is 504 g/mol. The summed E-state index contributed by atoms with van der Waals surface area (Å²) in [5, 5.41) is 108. The lowest BCUT2D eigenvalue weighted by atomic mass is 9.98. The Morgan fingerprint density at radius 1 is 0.765 bits per heavy atom. The van der Waals surface area contributed by atoms with Gasteiger partial charge in [0.2, 0.25) is 0 Å². The van der Waals surface area contributed by atoms with Crippen LogP contribution in [-0.4, -0.2) is 168 Å². The number of rotatable bonds is 11. The van der Waals surface area contributed by atoms with E-state index in [0.717, 1.165) is 0 Å². The lowest BCUT2D eigenvalue weighted by Crippen LogP contribution is -2.63. The van der Waals surface area contributed by atoms with Crippen LogP contribution in [0.15, 0.2) is 0 Å². The number of aliphatic hydroxyl groups is 11. The summed E-state index contributed by atoms with van der Waals surface area (Å²) in [7, 11) is 0. The maximum atomic E-state index is 11.0. The van der Waals surface area contributed by atoms with Crippen molar-refractivity contribution in [3.8, 4) is 0 Å². The molecule has 0 radical (unpaired) electrons. The normalized spacial score (nSPS) is 42.6. The van der Waals surface area contributed by atoms with Gasteiger partial charge in [0.15, 0.2) is 18.9 Å². The molecular formula is C18H32O16. The summed E-state index contributed by atoms with van der Waals surface area (Å²) >= 11 is 0. The van der Waals surface area contributed by atoms with E-state index in [4.69, 9.17) is 24.1 Å². The van der Waals surface area contributed by atoms with Crippen LogP contribution in [0.2, 0.25) is 0 Å². The van der Waals surface area contributed by atoms with Gasteiger partial charge >= 0.3 is 0 Å².